The van der Waals surface area contributed by atoms with Crippen LogP contribution in [-0.2, 0) is 6.54 Å². The van der Waals surface area contributed by atoms with E-state index in [1.54, 1.807) is 16.8 Å². The highest BCUT2D eigenvalue weighted by atomic mass is 19.1. The van der Waals surface area contributed by atoms with Crippen LogP contribution in [0.5, 0.6) is 0 Å². The average molecular weight is 311 g/mol. The summed E-state index contributed by atoms with van der Waals surface area (Å²) in [6.45, 7) is 4.46. The van der Waals surface area contributed by atoms with Crippen molar-refractivity contribution in [3.8, 4) is 0 Å². The summed E-state index contributed by atoms with van der Waals surface area (Å²) in [5.41, 5.74) is 2.12. The number of nitrogens with zero attached hydrogens (tertiary/aromatic N) is 3. The summed E-state index contributed by atoms with van der Waals surface area (Å²) in [6, 6.07) is 6.36. The molecule has 3 aromatic rings. The van der Waals surface area contributed by atoms with Gasteiger partial charge in [0.1, 0.15) is 17.2 Å². The monoisotopic (exact) mass is 311 g/mol. The van der Waals surface area contributed by atoms with E-state index in [2.05, 4.69) is 11.9 Å². The van der Waals surface area contributed by atoms with Gasteiger partial charge in [-0.05, 0) is 37.0 Å². The zero-order valence-corrected chi connectivity index (χ0v) is 13.2. The van der Waals surface area contributed by atoms with E-state index in [-0.39, 0.29) is 11.4 Å². The highest BCUT2D eigenvalue weighted by Crippen LogP contribution is 2.46. The molecule has 0 saturated heterocycles. The van der Waals surface area contributed by atoms with E-state index >= 15 is 0 Å². The maximum absolute atomic E-state index is 13.4. The number of aryl methyl sites for hydroxylation is 1. The first-order chi connectivity index (χ1) is 11.0. The first-order valence-electron chi connectivity index (χ1n) is 7.86. The lowest BCUT2D eigenvalue weighted by atomic mass is 10.2. The van der Waals surface area contributed by atoms with E-state index in [0.29, 0.717) is 23.9 Å². The van der Waals surface area contributed by atoms with Gasteiger partial charge < -0.3 is 4.57 Å². The number of benzene rings is 1. The van der Waals surface area contributed by atoms with Crippen molar-refractivity contribution in [2.45, 2.75) is 32.7 Å². The number of imidazole rings is 1. The molecule has 4 rings (SSSR count). The van der Waals surface area contributed by atoms with Crippen molar-refractivity contribution in [2.24, 2.45) is 5.92 Å². The minimum absolute atomic E-state index is 0.0821. The molecule has 1 aromatic carbocycles. The zero-order chi connectivity index (χ0) is 16.1. The van der Waals surface area contributed by atoms with E-state index < -0.39 is 0 Å². The fraction of sp³-hybridized carbons (Fsp3) is 0.333. The molecule has 0 spiro atoms. The largest absolute Gasteiger partial charge is 0.305 e. The molecule has 2 atom stereocenters. The Morgan fingerprint density at radius 1 is 1.39 bits per heavy atom. The molecule has 0 bridgehead atoms. The fourth-order valence-electron chi connectivity index (χ4n) is 3.19. The molecule has 1 saturated carbocycles. The standard InChI is InChI=1S/C18H18FN3O/c1-11-6-15(11)17-20-8-16-18(23)21(12(2)9-22(16)17)10-13-4-3-5-14(19)7-13/h3-5,7-9,11,15H,6,10H2,1-2H3/t11-,15+/m0/s1. The SMILES string of the molecule is Cc1cn2c([C@@H]3C[C@@H]3C)ncc2c(=O)n1Cc1cccc(F)c1. The van der Waals surface area contributed by atoms with Gasteiger partial charge in [0.25, 0.3) is 5.56 Å². The number of hydrogen-bond donors (Lipinski definition) is 0. The van der Waals surface area contributed by atoms with Gasteiger partial charge in [-0.1, -0.05) is 19.1 Å². The van der Waals surface area contributed by atoms with Crippen molar-refractivity contribution in [3.63, 3.8) is 0 Å². The lowest BCUT2D eigenvalue weighted by Gasteiger charge is -2.12. The molecule has 0 unspecified atom stereocenters. The summed E-state index contributed by atoms with van der Waals surface area (Å²) in [6.07, 6.45) is 4.75. The summed E-state index contributed by atoms with van der Waals surface area (Å²) in [5.74, 6) is 1.78. The normalized spacial score (nSPS) is 20.1. The van der Waals surface area contributed by atoms with Crippen LogP contribution in [0.4, 0.5) is 4.39 Å². The lowest BCUT2D eigenvalue weighted by Crippen LogP contribution is -2.25. The quantitative estimate of drug-likeness (QED) is 0.745. The molecule has 1 aliphatic rings. The molecule has 0 radical (unpaired) electrons. The number of fused-ring (bicyclic) bond motifs is 1. The maximum Gasteiger partial charge on any atom is 0.276 e. The molecule has 0 amide bonds. The van der Waals surface area contributed by atoms with Crippen molar-refractivity contribution in [3.05, 3.63) is 69.9 Å². The minimum Gasteiger partial charge on any atom is -0.305 e. The van der Waals surface area contributed by atoms with E-state index in [9.17, 15) is 9.18 Å². The predicted molar refractivity (Wildman–Crippen MR) is 86.2 cm³/mol. The smallest absolute Gasteiger partial charge is 0.276 e. The van der Waals surface area contributed by atoms with Gasteiger partial charge in [0.15, 0.2) is 0 Å². The molecule has 118 valence electrons. The number of rotatable bonds is 3. The molecule has 0 aliphatic heterocycles. The lowest BCUT2D eigenvalue weighted by molar-refractivity contribution is 0.621. The van der Waals surface area contributed by atoms with Crippen molar-refractivity contribution in [2.75, 3.05) is 0 Å². The molecule has 1 aliphatic carbocycles. The van der Waals surface area contributed by atoms with Gasteiger partial charge >= 0.3 is 0 Å². The molecule has 5 heteroatoms. The molecule has 4 nitrogen and oxygen atoms in total. The molecule has 2 heterocycles. The van der Waals surface area contributed by atoms with Crippen molar-refractivity contribution >= 4 is 5.52 Å². The van der Waals surface area contributed by atoms with Crippen LogP contribution in [0.15, 0.2) is 41.5 Å². The molecule has 23 heavy (non-hydrogen) atoms. The van der Waals surface area contributed by atoms with Crippen LogP contribution < -0.4 is 5.56 Å². The molecule has 1 fully saturated rings. The Balaban J connectivity index is 1.80. The molecular formula is C18H18FN3O. The third kappa shape index (κ3) is 2.36. The summed E-state index contributed by atoms with van der Waals surface area (Å²) in [7, 11) is 0. The van der Waals surface area contributed by atoms with E-state index in [1.165, 1.54) is 12.1 Å². The molecular weight excluding hydrogens is 293 g/mol. The molecule has 2 aromatic heterocycles. The Labute approximate surface area is 133 Å². The average Bonchev–Trinajstić information content (AvgIpc) is 3.07. The summed E-state index contributed by atoms with van der Waals surface area (Å²) in [5, 5.41) is 0. The first kappa shape index (κ1) is 14.2. The van der Waals surface area contributed by atoms with Gasteiger partial charge in [-0.15, -0.1) is 0 Å². The third-order valence-corrected chi connectivity index (χ3v) is 4.70. The zero-order valence-electron chi connectivity index (χ0n) is 13.2. The Kier molecular flexibility index (Phi) is 3.11. The van der Waals surface area contributed by atoms with Gasteiger partial charge in [0.05, 0.1) is 12.7 Å². The predicted octanol–water partition coefficient (Wildman–Crippen LogP) is 3.12. The van der Waals surface area contributed by atoms with Crippen molar-refractivity contribution in [1.82, 2.24) is 14.0 Å². The van der Waals surface area contributed by atoms with Crippen LogP contribution in [0, 0.1) is 18.7 Å². The van der Waals surface area contributed by atoms with Crippen LogP contribution in [0.25, 0.3) is 5.52 Å². The van der Waals surface area contributed by atoms with Crippen LogP contribution in [0.2, 0.25) is 0 Å². The summed E-state index contributed by atoms with van der Waals surface area (Å²) in [4.78, 5) is 17.2. The minimum atomic E-state index is -0.288. The second kappa shape index (κ2) is 5.05. The van der Waals surface area contributed by atoms with Gasteiger partial charge in [-0.25, -0.2) is 9.37 Å². The Morgan fingerprint density at radius 2 is 2.17 bits per heavy atom. The van der Waals surface area contributed by atoms with E-state index in [0.717, 1.165) is 23.5 Å². The second-order valence-corrected chi connectivity index (χ2v) is 6.48. The van der Waals surface area contributed by atoms with Gasteiger partial charge in [0.2, 0.25) is 0 Å². The van der Waals surface area contributed by atoms with Crippen LogP contribution in [0.1, 0.15) is 36.3 Å². The highest BCUT2D eigenvalue weighted by molar-refractivity contribution is 5.46. The topological polar surface area (TPSA) is 39.3 Å². The molecule has 0 N–H and O–H groups in total. The Morgan fingerprint density at radius 3 is 2.87 bits per heavy atom. The van der Waals surface area contributed by atoms with E-state index in [4.69, 9.17) is 0 Å². The number of halogens is 1. The Bertz CT molecular complexity index is 957. The first-order valence-corrected chi connectivity index (χ1v) is 7.86. The van der Waals surface area contributed by atoms with Crippen molar-refractivity contribution < 1.29 is 4.39 Å². The van der Waals surface area contributed by atoms with Crippen LogP contribution >= 0.6 is 0 Å². The van der Waals surface area contributed by atoms with Crippen LogP contribution in [-0.4, -0.2) is 14.0 Å². The fourth-order valence-corrected chi connectivity index (χ4v) is 3.19. The van der Waals surface area contributed by atoms with Crippen molar-refractivity contribution in [1.29, 1.82) is 0 Å². The Hall–Kier alpha value is -2.43. The summed E-state index contributed by atoms with van der Waals surface area (Å²) >= 11 is 0. The third-order valence-electron chi connectivity index (χ3n) is 4.70. The van der Waals surface area contributed by atoms with Gasteiger partial charge in [-0.3, -0.25) is 9.20 Å². The van der Waals surface area contributed by atoms with E-state index in [1.807, 2.05) is 23.6 Å². The second-order valence-electron chi connectivity index (χ2n) is 6.48. The summed E-state index contributed by atoms with van der Waals surface area (Å²) < 4.78 is 17.0. The highest BCUT2D eigenvalue weighted by Gasteiger charge is 2.37. The maximum atomic E-state index is 13.4. The van der Waals surface area contributed by atoms with Gasteiger partial charge in [-0.2, -0.15) is 0 Å². The number of hydrogen-bond acceptors (Lipinski definition) is 2. The van der Waals surface area contributed by atoms with Gasteiger partial charge in [0, 0.05) is 17.8 Å². The van der Waals surface area contributed by atoms with Crippen LogP contribution in [0.3, 0.4) is 0 Å². The number of aromatic nitrogens is 3.